The molecule has 4 rings (SSSR count). The van der Waals surface area contributed by atoms with Crippen molar-refractivity contribution in [2.24, 2.45) is 11.3 Å². The van der Waals surface area contributed by atoms with Crippen LogP contribution in [0.4, 0.5) is 5.82 Å². The number of aromatic nitrogens is 1. The first-order valence-corrected chi connectivity index (χ1v) is 9.36. The van der Waals surface area contributed by atoms with E-state index >= 15 is 0 Å². The summed E-state index contributed by atoms with van der Waals surface area (Å²) in [7, 11) is 0. The normalized spacial score (nSPS) is 26.4. The predicted molar refractivity (Wildman–Crippen MR) is 95.0 cm³/mol. The summed E-state index contributed by atoms with van der Waals surface area (Å²) < 4.78 is 0. The molecule has 0 aromatic carbocycles. The van der Waals surface area contributed by atoms with Gasteiger partial charge in [-0.05, 0) is 69.7 Å². The Balaban J connectivity index is 1.27. The zero-order valence-electron chi connectivity index (χ0n) is 14.6. The van der Waals surface area contributed by atoms with Crippen LogP contribution in [0.5, 0.6) is 0 Å². The van der Waals surface area contributed by atoms with Crippen molar-refractivity contribution in [3.05, 3.63) is 23.9 Å². The van der Waals surface area contributed by atoms with Crippen molar-refractivity contribution in [1.29, 1.82) is 0 Å². The second-order valence-electron chi connectivity index (χ2n) is 7.78. The molecule has 0 bridgehead atoms. The number of anilines is 1. The van der Waals surface area contributed by atoms with E-state index in [1.165, 1.54) is 12.8 Å². The number of carbonyl (C=O) groups is 1. The van der Waals surface area contributed by atoms with Gasteiger partial charge in [0.05, 0.1) is 0 Å². The predicted octanol–water partition coefficient (Wildman–Crippen LogP) is 1.86. The number of amides is 1. The third-order valence-corrected chi connectivity index (χ3v) is 6.14. The topological polar surface area (TPSA) is 57.3 Å². The van der Waals surface area contributed by atoms with Crippen LogP contribution in [0, 0.1) is 18.3 Å². The fourth-order valence-electron chi connectivity index (χ4n) is 4.46. The number of hydrogen-bond acceptors (Lipinski definition) is 4. The molecule has 2 N–H and O–H groups in total. The molecule has 1 spiro atoms. The lowest BCUT2D eigenvalue weighted by atomic mass is 9.91. The Bertz CT molecular complexity index is 603. The molecular weight excluding hydrogens is 300 g/mol. The molecule has 1 aliphatic carbocycles. The summed E-state index contributed by atoms with van der Waals surface area (Å²) in [6.45, 7) is 6.13. The molecule has 1 aromatic heterocycles. The molecule has 1 amide bonds. The maximum Gasteiger partial charge on any atom is 0.223 e. The Hall–Kier alpha value is -1.62. The molecule has 2 saturated heterocycles. The smallest absolute Gasteiger partial charge is 0.223 e. The minimum absolute atomic E-state index is 0.274. The number of rotatable bonds is 3. The third-order valence-electron chi connectivity index (χ3n) is 6.14. The van der Waals surface area contributed by atoms with E-state index in [1.54, 1.807) is 0 Å². The van der Waals surface area contributed by atoms with Gasteiger partial charge in [0.2, 0.25) is 5.91 Å². The monoisotopic (exact) mass is 328 g/mol. The summed E-state index contributed by atoms with van der Waals surface area (Å²) in [6.07, 6.45) is 5.48. The summed E-state index contributed by atoms with van der Waals surface area (Å²) in [6, 6.07) is 6.51. The van der Waals surface area contributed by atoms with Crippen LogP contribution >= 0.6 is 0 Å². The van der Waals surface area contributed by atoms with Crippen LogP contribution in [-0.4, -0.2) is 43.1 Å². The second kappa shape index (κ2) is 6.36. The van der Waals surface area contributed by atoms with E-state index in [-0.39, 0.29) is 5.92 Å². The molecule has 3 aliphatic rings. The summed E-state index contributed by atoms with van der Waals surface area (Å²) in [4.78, 5) is 19.5. The largest absolute Gasteiger partial charge is 0.356 e. The van der Waals surface area contributed by atoms with Gasteiger partial charge in [-0.25, -0.2) is 4.98 Å². The van der Waals surface area contributed by atoms with Gasteiger partial charge in [0.25, 0.3) is 0 Å². The highest BCUT2D eigenvalue weighted by Gasteiger charge is 2.57. The average molecular weight is 328 g/mol. The highest BCUT2D eigenvalue weighted by atomic mass is 16.2. The van der Waals surface area contributed by atoms with Crippen molar-refractivity contribution in [3.63, 3.8) is 0 Å². The maximum atomic E-state index is 12.6. The molecule has 2 aliphatic heterocycles. The fraction of sp³-hybridized carbons (Fsp3) is 0.684. The van der Waals surface area contributed by atoms with E-state index in [9.17, 15) is 4.79 Å². The van der Waals surface area contributed by atoms with Gasteiger partial charge < -0.3 is 15.5 Å². The number of pyridine rings is 1. The number of nitrogens with one attached hydrogen (secondary N) is 2. The SMILES string of the molecule is Cc1cccc(N2CCC(NC(=O)C3CC34CCNCC4)CC2)n1. The van der Waals surface area contributed by atoms with Crippen molar-refractivity contribution in [1.82, 2.24) is 15.6 Å². The first-order chi connectivity index (χ1) is 11.7. The summed E-state index contributed by atoms with van der Waals surface area (Å²) in [5.41, 5.74) is 1.39. The van der Waals surface area contributed by atoms with Gasteiger partial charge in [-0.2, -0.15) is 0 Å². The minimum Gasteiger partial charge on any atom is -0.356 e. The molecule has 24 heavy (non-hydrogen) atoms. The lowest BCUT2D eigenvalue weighted by molar-refractivity contribution is -0.124. The van der Waals surface area contributed by atoms with Gasteiger partial charge in [-0.15, -0.1) is 0 Å². The van der Waals surface area contributed by atoms with Crippen LogP contribution in [-0.2, 0) is 4.79 Å². The number of carbonyl (C=O) groups excluding carboxylic acids is 1. The van der Waals surface area contributed by atoms with Crippen LogP contribution in [0.15, 0.2) is 18.2 Å². The van der Waals surface area contributed by atoms with E-state index in [0.717, 1.165) is 57.0 Å². The van der Waals surface area contributed by atoms with Crippen LogP contribution in [0.2, 0.25) is 0 Å². The Morgan fingerprint density at radius 2 is 2.04 bits per heavy atom. The molecule has 3 heterocycles. The van der Waals surface area contributed by atoms with Gasteiger partial charge in [0.15, 0.2) is 0 Å². The zero-order valence-corrected chi connectivity index (χ0v) is 14.6. The van der Waals surface area contributed by atoms with Gasteiger partial charge in [0.1, 0.15) is 5.82 Å². The Morgan fingerprint density at radius 3 is 2.75 bits per heavy atom. The van der Waals surface area contributed by atoms with E-state index in [1.807, 2.05) is 13.0 Å². The highest BCUT2D eigenvalue weighted by Crippen LogP contribution is 2.58. The fourth-order valence-corrected chi connectivity index (χ4v) is 4.46. The lowest BCUT2D eigenvalue weighted by Crippen LogP contribution is -2.46. The van der Waals surface area contributed by atoms with Gasteiger partial charge in [-0.1, -0.05) is 6.07 Å². The second-order valence-corrected chi connectivity index (χ2v) is 7.78. The number of hydrogen-bond donors (Lipinski definition) is 2. The Morgan fingerprint density at radius 1 is 1.29 bits per heavy atom. The van der Waals surface area contributed by atoms with E-state index in [2.05, 4.69) is 32.7 Å². The van der Waals surface area contributed by atoms with E-state index in [4.69, 9.17) is 0 Å². The van der Waals surface area contributed by atoms with Crippen molar-refractivity contribution in [2.45, 2.75) is 45.1 Å². The molecule has 1 atom stereocenters. The Kier molecular flexibility index (Phi) is 4.21. The van der Waals surface area contributed by atoms with Gasteiger partial charge >= 0.3 is 0 Å². The standard InChI is InChI=1S/C19H28N4O/c1-14-3-2-4-17(21-14)23-11-5-15(6-12-23)22-18(24)16-13-19(16)7-9-20-10-8-19/h2-4,15-16,20H,5-13H2,1H3,(H,22,24). The number of piperidine rings is 2. The number of nitrogens with zero attached hydrogens (tertiary/aromatic N) is 2. The quantitative estimate of drug-likeness (QED) is 0.889. The molecular formula is C19H28N4O. The first-order valence-electron chi connectivity index (χ1n) is 9.36. The third kappa shape index (κ3) is 3.14. The Labute approximate surface area is 144 Å². The molecule has 0 radical (unpaired) electrons. The van der Waals surface area contributed by atoms with Crippen molar-refractivity contribution in [3.8, 4) is 0 Å². The van der Waals surface area contributed by atoms with Crippen LogP contribution in [0.3, 0.4) is 0 Å². The summed E-state index contributed by atoms with van der Waals surface area (Å²) >= 11 is 0. The van der Waals surface area contributed by atoms with Gasteiger partial charge in [-0.3, -0.25) is 4.79 Å². The molecule has 130 valence electrons. The molecule has 5 nitrogen and oxygen atoms in total. The summed E-state index contributed by atoms with van der Waals surface area (Å²) in [5.74, 6) is 1.65. The molecule has 5 heteroatoms. The van der Waals surface area contributed by atoms with Crippen molar-refractivity contribution < 1.29 is 4.79 Å². The summed E-state index contributed by atoms with van der Waals surface area (Å²) in [5, 5.41) is 6.73. The van der Waals surface area contributed by atoms with E-state index in [0.29, 0.717) is 17.4 Å². The van der Waals surface area contributed by atoms with Crippen molar-refractivity contribution in [2.75, 3.05) is 31.1 Å². The average Bonchev–Trinajstić information content (AvgIpc) is 3.29. The van der Waals surface area contributed by atoms with Crippen LogP contribution in [0.25, 0.3) is 0 Å². The highest BCUT2D eigenvalue weighted by molar-refractivity contribution is 5.83. The zero-order chi connectivity index (χ0) is 16.6. The molecule has 1 aromatic rings. The van der Waals surface area contributed by atoms with E-state index < -0.39 is 0 Å². The lowest BCUT2D eigenvalue weighted by Gasteiger charge is -2.33. The maximum absolute atomic E-state index is 12.6. The first kappa shape index (κ1) is 15.9. The van der Waals surface area contributed by atoms with Crippen LogP contribution in [0.1, 0.15) is 37.8 Å². The van der Waals surface area contributed by atoms with Gasteiger partial charge in [0, 0.05) is 30.7 Å². The molecule has 1 unspecified atom stereocenters. The number of aryl methyl sites for hydroxylation is 1. The molecule has 1 saturated carbocycles. The van der Waals surface area contributed by atoms with Crippen LogP contribution < -0.4 is 15.5 Å². The molecule has 3 fully saturated rings. The van der Waals surface area contributed by atoms with Crippen molar-refractivity contribution >= 4 is 11.7 Å². The minimum atomic E-state index is 0.274.